The van der Waals surface area contributed by atoms with Crippen molar-refractivity contribution in [1.29, 1.82) is 0 Å². The maximum Gasteiger partial charge on any atom is 0.265 e. The lowest BCUT2D eigenvalue weighted by atomic mass is 10.2. The van der Waals surface area contributed by atoms with Crippen LogP contribution < -0.4 is 24.4 Å². The summed E-state index contributed by atoms with van der Waals surface area (Å²) in [5.74, 6) is 1.26. The van der Waals surface area contributed by atoms with E-state index in [4.69, 9.17) is 14.2 Å². The first-order valence-corrected chi connectivity index (χ1v) is 7.42. The molecule has 0 spiro atoms. The third kappa shape index (κ3) is 2.60. The van der Waals surface area contributed by atoms with Gasteiger partial charge in [0.15, 0.2) is 18.1 Å². The van der Waals surface area contributed by atoms with Crippen molar-refractivity contribution in [3.8, 4) is 17.2 Å². The summed E-state index contributed by atoms with van der Waals surface area (Å²) < 4.78 is 15.9. The largest absolute Gasteiger partial charge is 0.482 e. The Balaban J connectivity index is 1.49. The second-order valence-corrected chi connectivity index (χ2v) is 5.35. The first-order valence-electron chi connectivity index (χ1n) is 7.42. The number of nitrogens with zero attached hydrogens (tertiary/aromatic N) is 1. The molecule has 7 heteroatoms. The highest BCUT2D eigenvalue weighted by molar-refractivity contribution is 6.05. The van der Waals surface area contributed by atoms with Crippen LogP contribution in [-0.2, 0) is 9.59 Å². The molecule has 0 fully saturated rings. The molecule has 0 aromatic heterocycles. The summed E-state index contributed by atoms with van der Waals surface area (Å²) in [6, 6.07) is 12.3. The van der Waals surface area contributed by atoms with Gasteiger partial charge in [-0.05, 0) is 24.3 Å². The number of amides is 2. The van der Waals surface area contributed by atoms with Crippen molar-refractivity contribution in [2.24, 2.45) is 0 Å². The zero-order valence-corrected chi connectivity index (χ0v) is 12.7. The van der Waals surface area contributed by atoms with E-state index < -0.39 is 0 Å². The van der Waals surface area contributed by atoms with Gasteiger partial charge in [0.05, 0.1) is 5.69 Å². The Morgan fingerprint density at radius 3 is 2.79 bits per heavy atom. The Morgan fingerprint density at radius 1 is 1.04 bits per heavy atom. The fourth-order valence-electron chi connectivity index (χ4n) is 2.65. The lowest BCUT2D eigenvalue weighted by molar-refractivity contribution is -0.123. The van der Waals surface area contributed by atoms with E-state index >= 15 is 0 Å². The maximum atomic E-state index is 12.3. The van der Waals surface area contributed by atoms with Gasteiger partial charge in [0.2, 0.25) is 12.7 Å². The molecule has 2 aliphatic heterocycles. The molecule has 2 aromatic rings. The number of hydrogen-bond donors (Lipinski definition) is 1. The quantitative estimate of drug-likeness (QED) is 0.930. The van der Waals surface area contributed by atoms with Crippen LogP contribution in [0.15, 0.2) is 42.5 Å². The number of ether oxygens (including phenoxy) is 3. The summed E-state index contributed by atoms with van der Waals surface area (Å²) in [4.78, 5) is 25.8. The van der Waals surface area contributed by atoms with Crippen LogP contribution in [0, 0.1) is 0 Å². The SMILES string of the molecule is O=C(CN1C(=O)COc2ccccc21)Nc1ccc2c(c1)OCO2. The van der Waals surface area contributed by atoms with Crippen LogP contribution >= 0.6 is 0 Å². The number of anilines is 2. The Morgan fingerprint density at radius 2 is 1.88 bits per heavy atom. The zero-order valence-electron chi connectivity index (χ0n) is 12.7. The van der Waals surface area contributed by atoms with Crippen molar-refractivity contribution in [3.05, 3.63) is 42.5 Å². The molecule has 0 atom stereocenters. The number of para-hydroxylation sites is 2. The Kier molecular flexibility index (Phi) is 3.45. The van der Waals surface area contributed by atoms with Crippen LogP contribution in [-0.4, -0.2) is 31.8 Å². The molecule has 2 heterocycles. The van der Waals surface area contributed by atoms with E-state index in [9.17, 15) is 9.59 Å². The van der Waals surface area contributed by atoms with E-state index in [2.05, 4.69) is 5.32 Å². The monoisotopic (exact) mass is 326 g/mol. The molecule has 0 aliphatic carbocycles. The van der Waals surface area contributed by atoms with Crippen LogP contribution in [0.25, 0.3) is 0 Å². The molecular formula is C17H14N2O5. The molecule has 1 N–H and O–H groups in total. The van der Waals surface area contributed by atoms with Gasteiger partial charge in [-0.1, -0.05) is 12.1 Å². The van der Waals surface area contributed by atoms with E-state index in [1.165, 1.54) is 4.90 Å². The summed E-state index contributed by atoms with van der Waals surface area (Å²) in [7, 11) is 0. The molecule has 24 heavy (non-hydrogen) atoms. The maximum absolute atomic E-state index is 12.3. The smallest absolute Gasteiger partial charge is 0.265 e. The molecule has 122 valence electrons. The molecule has 4 rings (SSSR count). The van der Waals surface area contributed by atoms with Crippen molar-refractivity contribution in [3.63, 3.8) is 0 Å². The van der Waals surface area contributed by atoms with Crippen LogP contribution in [0.4, 0.5) is 11.4 Å². The van der Waals surface area contributed by atoms with Crippen LogP contribution in [0.5, 0.6) is 17.2 Å². The first kappa shape index (κ1) is 14.4. The van der Waals surface area contributed by atoms with Crippen molar-refractivity contribution in [2.45, 2.75) is 0 Å². The van der Waals surface area contributed by atoms with Crippen molar-refractivity contribution in [2.75, 3.05) is 30.2 Å². The van der Waals surface area contributed by atoms with Gasteiger partial charge in [-0.15, -0.1) is 0 Å². The normalized spacial score (nSPS) is 14.8. The molecule has 7 nitrogen and oxygen atoms in total. The van der Waals surface area contributed by atoms with E-state index in [1.54, 1.807) is 36.4 Å². The number of nitrogens with one attached hydrogen (secondary N) is 1. The summed E-state index contributed by atoms with van der Waals surface area (Å²) in [5, 5.41) is 2.76. The Hall–Kier alpha value is -3.22. The van der Waals surface area contributed by atoms with E-state index in [0.717, 1.165) is 0 Å². The molecule has 0 saturated heterocycles. The number of carbonyl (C=O) groups is 2. The van der Waals surface area contributed by atoms with Gasteiger partial charge < -0.3 is 19.5 Å². The summed E-state index contributed by atoms with van der Waals surface area (Å²) >= 11 is 0. The fraction of sp³-hybridized carbons (Fsp3) is 0.176. The average Bonchev–Trinajstić information content (AvgIpc) is 3.05. The predicted octanol–water partition coefficient (Wildman–Crippen LogP) is 1.78. The average molecular weight is 326 g/mol. The third-order valence-electron chi connectivity index (χ3n) is 3.77. The van der Waals surface area contributed by atoms with Crippen molar-refractivity contribution < 1.29 is 23.8 Å². The van der Waals surface area contributed by atoms with Crippen LogP contribution in [0.1, 0.15) is 0 Å². The molecule has 0 radical (unpaired) electrons. The Labute approximate surface area is 137 Å². The predicted molar refractivity (Wildman–Crippen MR) is 85.5 cm³/mol. The fourth-order valence-corrected chi connectivity index (χ4v) is 2.65. The highest BCUT2D eigenvalue weighted by Gasteiger charge is 2.27. The highest BCUT2D eigenvalue weighted by atomic mass is 16.7. The lowest BCUT2D eigenvalue weighted by Gasteiger charge is -2.28. The van der Waals surface area contributed by atoms with Crippen LogP contribution in [0.2, 0.25) is 0 Å². The number of carbonyl (C=O) groups excluding carboxylic acids is 2. The van der Waals surface area contributed by atoms with E-state index in [1.807, 2.05) is 6.07 Å². The second kappa shape index (κ2) is 5.77. The molecule has 0 unspecified atom stereocenters. The molecule has 2 aliphatic rings. The molecule has 2 aromatic carbocycles. The summed E-state index contributed by atoms with van der Waals surface area (Å²) in [6.07, 6.45) is 0. The summed E-state index contributed by atoms with van der Waals surface area (Å²) in [6.45, 7) is 0.00770. The minimum Gasteiger partial charge on any atom is -0.482 e. The Bertz CT molecular complexity index is 820. The molecule has 0 saturated carbocycles. The molecular weight excluding hydrogens is 312 g/mol. The van der Waals surface area contributed by atoms with Gasteiger partial charge in [-0.25, -0.2) is 0 Å². The van der Waals surface area contributed by atoms with Gasteiger partial charge in [0, 0.05) is 11.8 Å². The molecule has 0 bridgehead atoms. The third-order valence-corrected chi connectivity index (χ3v) is 3.77. The minimum absolute atomic E-state index is 0.0751. The first-order chi connectivity index (χ1) is 11.7. The zero-order chi connectivity index (χ0) is 16.5. The minimum atomic E-state index is -0.307. The van der Waals surface area contributed by atoms with Gasteiger partial charge in [0.25, 0.3) is 5.91 Å². The van der Waals surface area contributed by atoms with E-state index in [-0.39, 0.29) is 31.8 Å². The van der Waals surface area contributed by atoms with E-state index in [0.29, 0.717) is 28.6 Å². The van der Waals surface area contributed by atoms with Gasteiger partial charge in [-0.2, -0.15) is 0 Å². The van der Waals surface area contributed by atoms with Crippen molar-refractivity contribution >= 4 is 23.2 Å². The van der Waals surface area contributed by atoms with Gasteiger partial charge >= 0.3 is 0 Å². The van der Waals surface area contributed by atoms with Crippen molar-refractivity contribution in [1.82, 2.24) is 0 Å². The molecule has 2 amide bonds. The summed E-state index contributed by atoms with van der Waals surface area (Å²) in [5.41, 5.74) is 1.17. The van der Waals surface area contributed by atoms with Gasteiger partial charge in [0.1, 0.15) is 12.3 Å². The number of hydrogen-bond acceptors (Lipinski definition) is 5. The highest BCUT2D eigenvalue weighted by Crippen LogP contribution is 2.34. The number of benzene rings is 2. The van der Waals surface area contributed by atoms with Crippen LogP contribution in [0.3, 0.4) is 0 Å². The standard InChI is InChI=1S/C17H14N2O5/c20-16(18-11-5-6-14-15(7-11)24-10-23-14)8-19-12-3-1-2-4-13(12)22-9-17(19)21/h1-7H,8-10H2,(H,18,20). The second-order valence-electron chi connectivity index (χ2n) is 5.35. The topological polar surface area (TPSA) is 77.1 Å². The lowest BCUT2D eigenvalue weighted by Crippen LogP contribution is -2.43. The number of fused-ring (bicyclic) bond motifs is 2. The number of rotatable bonds is 3. The van der Waals surface area contributed by atoms with Gasteiger partial charge in [-0.3, -0.25) is 14.5 Å².